The summed E-state index contributed by atoms with van der Waals surface area (Å²) in [5.74, 6) is 1.76. The highest BCUT2D eigenvalue weighted by atomic mass is 16.5. The van der Waals surface area contributed by atoms with Gasteiger partial charge in [0.15, 0.2) is 0 Å². The highest BCUT2D eigenvalue weighted by Crippen LogP contribution is 2.60. The van der Waals surface area contributed by atoms with E-state index in [1.54, 1.807) is 14.2 Å². The van der Waals surface area contributed by atoms with Crippen LogP contribution in [0.4, 0.5) is 34.1 Å². The van der Waals surface area contributed by atoms with E-state index >= 15 is 0 Å². The van der Waals surface area contributed by atoms with Gasteiger partial charge in [0.1, 0.15) is 11.5 Å². The molecule has 63 heavy (non-hydrogen) atoms. The van der Waals surface area contributed by atoms with Crippen molar-refractivity contribution in [1.29, 1.82) is 0 Å². The van der Waals surface area contributed by atoms with Gasteiger partial charge in [0, 0.05) is 34.1 Å². The largest absolute Gasteiger partial charge is 0.496 e. The molecule has 0 heterocycles. The van der Waals surface area contributed by atoms with Crippen LogP contribution in [0.5, 0.6) is 11.5 Å². The standard InChI is InChI=1S/C59H56N2O2/c1-57(2,3)53-37-41(29-35-55(53)62-7)59(42-30-36-56(63-8)54(38-42)58(4,5)6)51-39-47(60(43-21-13-9-14-22-43)44-23-15-10-16-24-44)31-33-49(51)50-34-32-48(40-52(50)59)61(45-25-17-11-18-26-45)46-27-19-12-20-28-46/h9-40H,1-8H3. The zero-order valence-electron chi connectivity index (χ0n) is 37.7. The Kier molecular flexibility index (Phi) is 10.7. The maximum atomic E-state index is 6.13. The SMILES string of the molecule is COc1ccc(C2(c3ccc(OC)c(C(C)(C)C)c3)c3cc(N(c4ccccc4)c4ccccc4)ccc3-c3ccc(N(c4ccccc4)c4ccccc4)cc32)cc1C(C)(C)C. The quantitative estimate of drug-likeness (QED) is 0.137. The third kappa shape index (κ3) is 7.34. The predicted octanol–water partition coefficient (Wildman–Crippen LogP) is 15.6. The van der Waals surface area contributed by atoms with Gasteiger partial charge in [0.05, 0.1) is 19.6 Å². The molecule has 0 atom stereocenters. The van der Waals surface area contributed by atoms with Crippen molar-refractivity contribution in [2.75, 3.05) is 24.0 Å². The van der Waals surface area contributed by atoms with Crippen molar-refractivity contribution >= 4 is 34.1 Å². The van der Waals surface area contributed by atoms with Crippen LogP contribution in [0.2, 0.25) is 0 Å². The van der Waals surface area contributed by atoms with Crippen molar-refractivity contribution in [2.24, 2.45) is 0 Å². The first-order valence-electron chi connectivity index (χ1n) is 21.9. The van der Waals surface area contributed by atoms with Crippen LogP contribution >= 0.6 is 0 Å². The number of benzene rings is 8. The van der Waals surface area contributed by atoms with E-state index in [2.05, 4.69) is 245 Å². The fourth-order valence-electron chi connectivity index (χ4n) is 9.62. The average Bonchev–Trinajstić information content (AvgIpc) is 3.59. The van der Waals surface area contributed by atoms with Gasteiger partial charge in [-0.1, -0.05) is 139 Å². The Bertz CT molecular complexity index is 2600. The molecule has 8 aromatic carbocycles. The summed E-state index contributed by atoms with van der Waals surface area (Å²) in [4.78, 5) is 4.74. The van der Waals surface area contributed by atoms with E-state index in [0.29, 0.717) is 0 Å². The predicted molar refractivity (Wildman–Crippen MR) is 264 cm³/mol. The topological polar surface area (TPSA) is 24.9 Å². The van der Waals surface area contributed by atoms with Crippen LogP contribution in [-0.2, 0) is 16.2 Å². The highest BCUT2D eigenvalue weighted by molar-refractivity contribution is 5.92. The van der Waals surface area contributed by atoms with Crippen molar-refractivity contribution < 1.29 is 9.47 Å². The Morgan fingerprint density at radius 3 is 0.952 bits per heavy atom. The van der Waals surface area contributed by atoms with Gasteiger partial charge in [-0.2, -0.15) is 0 Å². The van der Waals surface area contributed by atoms with Gasteiger partial charge in [-0.3, -0.25) is 0 Å². The number of methoxy groups -OCH3 is 2. The molecule has 0 aliphatic heterocycles. The van der Waals surface area contributed by atoms with E-state index in [1.165, 1.54) is 33.4 Å². The number of hydrogen-bond acceptors (Lipinski definition) is 4. The first kappa shape index (κ1) is 41.3. The van der Waals surface area contributed by atoms with Crippen LogP contribution in [0.1, 0.15) is 74.9 Å². The molecule has 8 aromatic rings. The summed E-state index contributed by atoms with van der Waals surface area (Å²) >= 11 is 0. The van der Waals surface area contributed by atoms with Crippen LogP contribution < -0.4 is 19.3 Å². The molecule has 4 nitrogen and oxygen atoms in total. The molecule has 314 valence electrons. The van der Waals surface area contributed by atoms with Crippen molar-refractivity contribution in [1.82, 2.24) is 0 Å². The summed E-state index contributed by atoms with van der Waals surface area (Å²) < 4.78 is 12.3. The second kappa shape index (κ2) is 16.3. The third-order valence-corrected chi connectivity index (χ3v) is 12.6. The normalized spacial score (nSPS) is 12.9. The lowest BCUT2D eigenvalue weighted by Gasteiger charge is -2.38. The number of anilines is 6. The molecule has 1 aliphatic rings. The van der Waals surface area contributed by atoms with Crippen LogP contribution in [0.3, 0.4) is 0 Å². The maximum absolute atomic E-state index is 6.13. The van der Waals surface area contributed by atoms with E-state index in [-0.39, 0.29) is 10.8 Å². The van der Waals surface area contributed by atoms with Crippen LogP contribution in [-0.4, -0.2) is 14.2 Å². The van der Waals surface area contributed by atoms with Gasteiger partial charge < -0.3 is 19.3 Å². The van der Waals surface area contributed by atoms with Crippen molar-refractivity contribution in [3.05, 3.63) is 228 Å². The Morgan fingerprint density at radius 2 is 0.667 bits per heavy atom. The first-order valence-corrected chi connectivity index (χ1v) is 21.9. The maximum Gasteiger partial charge on any atom is 0.122 e. The van der Waals surface area contributed by atoms with Crippen LogP contribution in [0.15, 0.2) is 194 Å². The van der Waals surface area contributed by atoms with Crippen LogP contribution in [0, 0.1) is 0 Å². The minimum absolute atomic E-state index is 0.207. The van der Waals surface area contributed by atoms with E-state index < -0.39 is 5.41 Å². The molecule has 0 aromatic heterocycles. The Labute approximate surface area is 374 Å². The summed E-state index contributed by atoms with van der Waals surface area (Å²) in [6, 6.07) is 70.7. The fraction of sp³-hybridized carbons (Fsp3) is 0.186. The van der Waals surface area contributed by atoms with Crippen molar-refractivity contribution in [2.45, 2.75) is 57.8 Å². The van der Waals surface area contributed by atoms with Gasteiger partial charge in [0.2, 0.25) is 0 Å². The Hall–Kier alpha value is -7.04. The monoisotopic (exact) mass is 824 g/mol. The molecular weight excluding hydrogens is 769 g/mol. The molecule has 9 rings (SSSR count). The number of ether oxygens (including phenoxy) is 2. The summed E-state index contributed by atoms with van der Waals surface area (Å²) in [5.41, 5.74) is 14.8. The molecule has 0 unspecified atom stereocenters. The van der Waals surface area contributed by atoms with Crippen LogP contribution in [0.25, 0.3) is 11.1 Å². The molecule has 0 bridgehead atoms. The molecule has 0 saturated heterocycles. The molecule has 0 amide bonds. The summed E-state index contributed by atoms with van der Waals surface area (Å²) in [6.07, 6.45) is 0. The lowest BCUT2D eigenvalue weighted by Crippen LogP contribution is -2.30. The van der Waals surface area contributed by atoms with E-state index in [4.69, 9.17) is 9.47 Å². The molecule has 0 N–H and O–H groups in total. The molecular formula is C59H56N2O2. The fourth-order valence-corrected chi connectivity index (χ4v) is 9.62. The Morgan fingerprint density at radius 1 is 0.349 bits per heavy atom. The Balaban J connectivity index is 1.43. The molecule has 1 aliphatic carbocycles. The lowest BCUT2D eigenvalue weighted by atomic mass is 9.65. The number of nitrogens with zero attached hydrogens (tertiary/aromatic N) is 2. The van der Waals surface area contributed by atoms with E-state index in [1.807, 2.05) is 0 Å². The van der Waals surface area contributed by atoms with Gasteiger partial charge in [-0.05, 0) is 152 Å². The molecule has 0 radical (unpaired) electrons. The third-order valence-electron chi connectivity index (χ3n) is 12.6. The van der Waals surface area contributed by atoms with Crippen molar-refractivity contribution in [3.8, 4) is 22.6 Å². The van der Waals surface area contributed by atoms with Gasteiger partial charge in [-0.15, -0.1) is 0 Å². The first-order chi connectivity index (χ1) is 30.4. The lowest BCUT2D eigenvalue weighted by molar-refractivity contribution is 0.396. The van der Waals surface area contributed by atoms with Crippen molar-refractivity contribution in [3.63, 3.8) is 0 Å². The van der Waals surface area contributed by atoms with E-state index in [9.17, 15) is 0 Å². The number of para-hydroxylation sites is 4. The van der Waals surface area contributed by atoms with Gasteiger partial charge >= 0.3 is 0 Å². The zero-order valence-corrected chi connectivity index (χ0v) is 37.7. The average molecular weight is 825 g/mol. The summed E-state index contributed by atoms with van der Waals surface area (Å²) in [6.45, 7) is 13.6. The number of fused-ring (bicyclic) bond motifs is 3. The minimum atomic E-state index is -0.784. The smallest absolute Gasteiger partial charge is 0.122 e. The van der Waals surface area contributed by atoms with Gasteiger partial charge in [-0.25, -0.2) is 0 Å². The van der Waals surface area contributed by atoms with Gasteiger partial charge in [0.25, 0.3) is 0 Å². The molecule has 0 fully saturated rings. The van der Waals surface area contributed by atoms with E-state index in [0.717, 1.165) is 56.8 Å². The summed E-state index contributed by atoms with van der Waals surface area (Å²) in [5, 5.41) is 0. The summed E-state index contributed by atoms with van der Waals surface area (Å²) in [7, 11) is 3.56. The molecule has 0 saturated carbocycles. The number of hydrogen-bond donors (Lipinski definition) is 0. The minimum Gasteiger partial charge on any atom is -0.496 e. The second-order valence-corrected chi connectivity index (χ2v) is 18.6. The molecule has 0 spiro atoms. The second-order valence-electron chi connectivity index (χ2n) is 18.6. The zero-order chi connectivity index (χ0) is 43.9. The molecule has 4 heteroatoms. The number of rotatable bonds is 10. The highest BCUT2D eigenvalue weighted by Gasteiger charge is 2.48.